The number of hydrogen-bond donors (Lipinski definition) is 0. The first-order chi connectivity index (χ1) is 7.71. The summed E-state index contributed by atoms with van der Waals surface area (Å²) in [5.41, 5.74) is 4.48. The van der Waals surface area contributed by atoms with E-state index in [9.17, 15) is 0 Å². The van der Waals surface area contributed by atoms with E-state index in [2.05, 4.69) is 26.8 Å². The largest absolute Gasteiger partial charge is 0.347 e. The van der Waals surface area contributed by atoms with Gasteiger partial charge in [-0.3, -0.25) is 0 Å². The Morgan fingerprint density at radius 2 is 2.06 bits per heavy atom. The van der Waals surface area contributed by atoms with Gasteiger partial charge in [-0.1, -0.05) is 24.1 Å². The second kappa shape index (κ2) is 4.72. The van der Waals surface area contributed by atoms with E-state index >= 15 is 0 Å². The van der Waals surface area contributed by atoms with Gasteiger partial charge in [0, 0.05) is 12.8 Å². The molecule has 0 aromatic carbocycles. The zero-order valence-corrected chi connectivity index (χ0v) is 10.6. The molecule has 2 heteroatoms. The van der Waals surface area contributed by atoms with Crippen LogP contribution in [0.1, 0.15) is 46.5 Å². The van der Waals surface area contributed by atoms with E-state index in [4.69, 9.17) is 9.47 Å². The van der Waals surface area contributed by atoms with Gasteiger partial charge >= 0.3 is 0 Å². The van der Waals surface area contributed by atoms with Crippen molar-refractivity contribution in [1.29, 1.82) is 0 Å². The fourth-order valence-electron chi connectivity index (χ4n) is 2.74. The quantitative estimate of drug-likeness (QED) is 0.711. The first-order valence-electron chi connectivity index (χ1n) is 6.33. The molecule has 0 aromatic rings. The van der Waals surface area contributed by atoms with Crippen molar-refractivity contribution < 1.29 is 9.47 Å². The molecule has 0 N–H and O–H groups in total. The summed E-state index contributed by atoms with van der Waals surface area (Å²) in [5.74, 6) is -0.275. The molecule has 90 valence electrons. The molecule has 16 heavy (non-hydrogen) atoms. The van der Waals surface area contributed by atoms with Gasteiger partial charge in [0.1, 0.15) is 0 Å². The highest BCUT2D eigenvalue weighted by Crippen LogP contribution is 2.41. The maximum absolute atomic E-state index is 5.80. The minimum Gasteiger partial charge on any atom is -0.347 e. The lowest BCUT2D eigenvalue weighted by molar-refractivity contribution is -0.163. The lowest BCUT2D eigenvalue weighted by Gasteiger charge is -2.34. The first-order valence-corrected chi connectivity index (χ1v) is 6.33. The lowest BCUT2D eigenvalue weighted by Crippen LogP contribution is -2.33. The third-order valence-corrected chi connectivity index (χ3v) is 3.81. The molecule has 0 amide bonds. The van der Waals surface area contributed by atoms with Crippen LogP contribution in [0.3, 0.4) is 0 Å². The Hall–Kier alpha value is -0.600. The summed E-state index contributed by atoms with van der Waals surface area (Å²) in [5, 5.41) is 0. The van der Waals surface area contributed by atoms with Crippen LogP contribution in [0.4, 0.5) is 0 Å². The van der Waals surface area contributed by atoms with E-state index in [0.29, 0.717) is 0 Å². The Balaban J connectivity index is 2.22. The van der Waals surface area contributed by atoms with Crippen molar-refractivity contribution in [2.75, 3.05) is 13.2 Å². The van der Waals surface area contributed by atoms with Gasteiger partial charge in [0.15, 0.2) is 5.79 Å². The van der Waals surface area contributed by atoms with Crippen molar-refractivity contribution in [2.24, 2.45) is 0 Å². The highest BCUT2D eigenvalue weighted by molar-refractivity contribution is 5.36. The molecule has 2 aliphatic rings. The SMILES string of the molecule is CC=C(C)C1=C(CC)CC2(CC1)OCCO2. The van der Waals surface area contributed by atoms with Gasteiger partial charge in [-0.25, -0.2) is 0 Å². The fourth-order valence-corrected chi connectivity index (χ4v) is 2.74. The van der Waals surface area contributed by atoms with Crippen LogP contribution >= 0.6 is 0 Å². The van der Waals surface area contributed by atoms with Crippen molar-refractivity contribution in [3.8, 4) is 0 Å². The first kappa shape index (κ1) is 11.9. The summed E-state index contributed by atoms with van der Waals surface area (Å²) in [6.45, 7) is 8.07. The molecule has 1 spiro atoms. The average molecular weight is 222 g/mol. The molecule has 2 nitrogen and oxygen atoms in total. The summed E-state index contributed by atoms with van der Waals surface area (Å²) < 4.78 is 11.6. The van der Waals surface area contributed by atoms with Gasteiger partial charge in [0.25, 0.3) is 0 Å². The molecule has 1 fully saturated rings. The molecular weight excluding hydrogens is 200 g/mol. The van der Waals surface area contributed by atoms with Crippen molar-refractivity contribution >= 4 is 0 Å². The van der Waals surface area contributed by atoms with Gasteiger partial charge in [-0.05, 0) is 32.3 Å². The highest BCUT2D eigenvalue weighted by Gasteiger charge is 2.40. The van der Waals surface area contributed by atoms with Crippen molar-refractivity contribution in [3.05, 3.63) is 22.8 Å². The Morgan fingerprint density at radius 3 is 2.62 bits per heavy atom. The van der Waals surface area contributed by atoms with Crippen LogP contribution in [0, 0.1) is 0 Å². The van der Waals surface area contributed by atoms with Crippen LogP contribution in [-0.4, -0.2) is 19.0 Å². The smallest absolute Gasteiger partial charge is 0.172 e. The topological polar surface area (TPSA) is 18.5 Å². The van der Waals surface area contributed by atoms with Crippen LogP contribution in [0.2, 0.25) is 0 Å². The maximum atomic E-state index is 5.80. The highest BCUT2D eigenvalue weighted by atomic mass is 16.7. The minimum absolute atomic E-state index is 0.275. The molecule has 0 radical (unpaired) electrons. The molecule has 1 aliphatic carbocycles. The molecular formula is C14H22O2. The second-order valence-electron chi connectivity index (χ2n) is 4.69. The Kier molecular flexibility index (Phi) is 3.50. The third kappa shape index (κ3) is 2.09. The van der Waals surface area contributed by atoms with E-state index in [1.54, 1.807) is 0 Å². The maximum Gasteiger partial charge on any atom is 0.172 e. The third-order valence-electron chi connectivity index (χ3n) is 3.81. The van der Waals surface area contributed by atoms with Crippen molar-refractivity contribution in [1.82, 2.24) is 0 Å². The number of hydrogen-bond acceptors (Lipinski definition) is 2. The van der Waals surface area contributed by atoms with Crippen LogP contribution in [-0.2, 0) is 9.47 Å². The van der Waals surface area contributed by atoms with Crippen LogP contribution in [0.15, 0.2) is 22.8 Å². The van der Waals surface area contributed by atoms with Gasteiger partial charge in [-0.15, -0.1) is 0 Å². The van der Waals surface area contributed by atoms with Gasteiger partial charge in [0.05, 0.1) is 13.2 Å². The van der Waals surface area contributed by atoms with Crippen LogP contribution in [0.5, 0.6) is 0 Å². The molecule has 1 heterocycles. The summed E-state index contributed by atoms with van der Waals surface area (Å²) >= 11 is 0. The van der Waals surface area contributed by atoms with Gasteiger partial charge in [-0.2, -0.15) is 0 Å². The van der Waals surface area contributed by atoms with Gasteiger partial charge in [0.2, 0.25) is 0 Å². The number of allylic oxidation sites excluding steroid dienone is 3. The molecule has 0 aromatic heterocycles. The normalized spacial score (nSPS) is 25.6. The van der Waals surface area contributed by atoms with Crippen LogP contribution < -0.4 is 0 Å². The molecule has 0 bridgehead atoms. The standard InChI is InChI=1S/C14H22O2/c1-4-11(3)13-6-7-14(10-12(13)5-2)15-8-9-16-14/h4H,5-10H2,1-3H3. The number of ether oxygens (including phenoxy) is 2. The zero-order chi connectivity index (χ0) is 11.6. The van der Waals surface area contributed by atoms with E-state index < -0.39 is 0 Å². The molecule has 2 rings (SSSR count). The van der Waals surface area contributed by atoms with Crippen molar-refractivity contribution in [2.45, 2.75) is 52.2 Å². The average Bonchev–Trinajstić information content (AvgIpc) is 2.76. The van der Waals surface area contributed by atoms with Crippen molar-refractivity contribution in [3.63, 3.8) is 0 Å². The Bertz CT molecular complexity index is 320. The van der Waals surface area contributed by atoms with Crippen LogP contribution in [0.25, 0.3) is 0 Å². The second-order valence-corrected chi connectivity index (χ2v) is 4.69. The predicted octanol–water partition coefficient (Wildman–Crippen LogP) is 3.59. The minimum atomic E-state index is -0.275. The summed E-state index contributed by atoms with van der Waals surface area (Å²) in [6, 6.07) is 0. The molecule has 1 aliphatic heterocycles. The summed E-state index contributed by atoms with van der Waals surface area (Å²) in [6.07, 6.45) is 6.38. The van der Waals surface area contributed by atoms with E-state index in [-0.39, 0.29) is 5.79 Å². The summed E-state index contributed by atoms with van der Waals surface area (Å²) in [7, 11) is 0. The van der Waals surface area contributed by atoms with E-state index in [0.717, 1.165) is 38.9 Å². The Labute approximate surface area is 98.3 Å². The molecule has 1 saturated heterocycles. The fraction of sp³-hybridized carbons (Fsp3) is 0.714. The molecule has 0 atom stereocenters. The summed E-state index contributed by atoms with van der Waals surface area (Å²) in [4.78, 5) is 0. The molecule has 0 unspecified atom stereocenters. The predicted molar refractivity (Wildman–Crippen MR) is 65.2 cm³/mol. The van der Waals surface area contributed by atoms with Gasteiger partial charge < -0.3 is 9.47 Å². The Morgan fingerprint density at radius 1 is 1.38 bits per heavy atom. The molecule has 0 saturated carbocycles. The lowest BCUT2D eigenvalue weighted by atomic mass is 9.83. The van der Waals surface area contributed by atoms with E-state index in [1.165, 1.54) is 16.7 Å². The van der Waals surface area contributed by atoms with E-state index in [1.807, 2.05) is 0 Å². The monoisotopic (exact) mass is 222 g/mol. The zero-order valence-electron chi connectivity index (χ0n) is 10.6. The number of rotatable bonds is 2.